The van der Waals surface area contributed by atoms with Crippen LogP contribution in [0.1, 0.15) is 30.4 Å². The molecule has 1 aromatic heterocycles. The van der Waals surface area contributed by atoms with E-state index in [4.69, 9.17) is 11.6 Å². The lowest BCUT2D eigenvalue weighted by atomic mass is 10.1. The molecule has 0 saturated carbocycles. The number of nitrogens with one attached hydrogen (secondary N) is 1. The molecule has 3 aromatic rings. The minimum Gasteiger partial charge on any atom is -0.355 e. The Balaban J connectivity index is 1.82. The van der Waals surface area contributed by atoms with Crippen LogP contribution in [-0.2, 0) is 21.4 Å². The first-order chi connectivity index (χ1) is 14.8. The quantitative estimate of drug-likeness (QED) is 0.465. The number of benzene rings is 2. The fraction of sp³-hybridized carbons (Fsp3) is 0.318. The third-order valence-electron chi connectivity index (χ3n) is 5.50. The number of aryl methyl sites for hydroxylation is 1. The van der Waals surface area contributed by atoms with Crippen molar-refractivity contribution in [3.8, 4) is 0 Å². The Labute approximate surface area is 199 Å². The molecule has 0 unspecified atom stereocenters. The van der Waals surface area contributed by atoms with E-state index in [2.05, 4.69) is 21.2 Å². The summed E-state index contributed by atoms with van der Waals surface area (Å²) < 4.78 is 31.3. The number of halogens is 2. The van der Waals surface area contributed by atoms with E-state index in [1.54, 1.807) is 19.1 Å². The second-order valence-electron chi connectivity index (χ2n) is 7.63. The van der Waals surface area contributed by atoms with Gasteiger partial charge in [-0.25, -0.2) is 8.42 Å². The SMILES string of the molecule is Cc1c(S(=O)(=O)N(Cc2ccc(Br)cc2)[C@@H]2CCCCNC2=O)sc2ccc(Cl)cc12. The van der Waals surface area contributed by atoms with Crippen LogP contribution in [0.4, 0.5) is 0 Å². The predicted octanol–water partition coefficient (Wildman–Crippen LogP) is 5.49. The van der Waals surface area contributed by atoms with Gasteiger partial charge >= 0.3 is 0 Å². The van der Waals surface area contributed by atoms with Gasteiger partial charge in [0.15, 0.2) is 0 Å². The van der Waals surface area contributed by atoms with Gasteiger partial charge in [0.2, 0.25) is 5.91 Å². The van der Waals surface area contributed by atoms with Crippen molar-refractivity contribution in [2.75, 3.05) is 6.54 Å². The zero-order chi connectivity index (χ0) is 22.2. The van der Waals surface area contributed by atoms with Crippen LogP contribution < -0.4 is 5.32 Å². The van der Waals surface area contributed by atoms with Gasteiger partial charge in [0.05, 0.1) is 0 Å². The molecule has 2 heterocycles. The minimum atomic E-state index is -3.93. The number of nitrogens with zero attached hydrogens (tertiary/aromatic N) is 1. The average Bonchev–Trinajstić information content (AvgIpc) is 2.92. The Morgan fingerprint density at radius 2 is 1.94 bits per heavy atom. The highest BCUT2D eigenvalue weighted by Crippen LogP contribution is 2.38. The molecule has 1 fully saturated rings. The number of hydrogen-bond donors (Lipinski definition) is 1. The van der Waals surface area contributed by atoms with Crippen LogP contribution in [0.2, 0.25) is 5.02 Å². The number of rotatable bonds is 5. The van der Waals surface area contributed by atoms with Gasteiger partial charge < -0.3 is 5.32 Å². The fourth-order valence-electron chi connectivity index (χ4n) is 3.85. The highest BCUT2D eigenvalue weighted by molar-refractivity contribution is 9.10. The van der Waals surface area contributed by atoms with Gasteiger partial charge in [-0.1, -0.05) is 39.7 Å². The van der Waals surface area contributed by atoms with Crippen molar-refractivity contribution < 1.29 is 13.2 Å². The maximum absolute atomic E-state index is 14.0. The molecule has 1 aliphatic heterocycles. The molecule has 31 heavy (non-hydrogen) atoms. The van der Waals surface area contributed by atoms with Crippen molar-refractivity contribution in [2.24, 2.45) is 0 Å². The Bertz CT molecular complexity index is 1230. The number of sulfonamides is 1. The van der Waals surface area contributed by atoms with Crippen molar-refractivity contribution in [1.82, 2.24) is 9.62 Å². The highest BCUT2D eigenvalue weighted by Gasteiger charge is 2.38. The van der Waals surface area contributed by atoms with E-state index in [0.717, 1.165) is 33.0 Å². The fourth-order valence-corrected chi connectivity index (χ4v) is 7.75. The molecular formula is C22H22BrClN2O3S2. The van der Waals surface area contributed by atoms with Crippen molar-refractivity contribution in [3.63, 3.8) is 0 Å². The van der Waals surface area contributed by atoms with Gasteiger partial charge in [0.25, 0.3) is 10.0 Å². The summed E-state index contributed by atoms with van der Waals surface area (Å²) in [5.41, 5.74) is 1.49. The summed E-state index contributed by atoms with van der Waals surface area (Å²) in [5.74, 6) is -0.236. The van der Waals surface area contributed by atoms with Crippen molar-refractivity contribution in [2.45, 2.75) is 43.0 Å². The maximum Gasteiger partial charge on any atom is 0.253 e. The molecule has 1 atom stereocenters. The molecule has 0 spiro atoms. The summed E-state index contributed by atoms with van der Waals surface area (Å²) in [4.78, 5) is 12.8. The molecule has 0 bridgehead atoms. The van der Waals surface area contributed by atoms with Crippen molar-refractivity contribution in [3.05, 3.63) is 63.1 Å². The molecule has 2 aromatic carbocycles. The lowest BCUT2D eigenvalue weighted by Gasteiger charge is -2.29. The molecule has 0 radical (unpaired) electrons. The molecule has 9 heteroatoms. The van der Waals surface area contributed by atoms with Crippen LogP contribution in [0.5, 0.6) is 0 Å². The Morgan fingerprint density at radius 3 is 2.68 bits per heavy atom. The van der Waals surface area contributed by atoms with Crippen LogP contribution in [-0.4, -0.2) is 31.2 Å². The second-order valence-corrected chi connectivity index (χ2v) is 12.1. The third-order valence-corrected chi connectivity index (χ3v) is 9.99. The topological polar surface area (TPSA) is 66.5 Å². The van der Waals surface area contributed by atoms with Gasteiger partial charge in [-0.15, -0.1) is 11.3 Å². The monoisotopic (exact) mass is 540 g/mol. The summed E-state index contributed by atoms with van der Waals surface area (Å²) in [5, 5.41) is 4.26. The Morgan fingerprint density at radius 1 is 1.19 bits per heavy atom. The van der Waals surface area contributed by atoms with E-state index in [1.807, 2.05) is 30.3 Å². The summed E-state index contributed by atoms with van der Waals surface area (Å²) in [7, 11) is -3.93. The zero-order valence-corrected chi connectivity index (χ0v) is 20.9. The minimum absolute atomic E-state index is 0.127. The summed E-state index contributed by atoms with van der Waals surface area (Å²) in [6, 6.07) is 12.1. The number of hydrogen-bond acceptors (Lipinski definition) is 4. The van der Waals surface area contributed by atoms with Gasteiger partial charge in [-0.3, -0.25) is 4.79 Å². The van der Waals surface area contributed by atoms with E-state index in [9.17, 15) is 13.2 Å². The number of fused-ring (bicyclic) bond motifs is 1. The lowest BCUT2D eigenvalue weighted by Crippen LogP contribution is -2.48. The van der Waals surface area contributed by atoms with Crippen LogP contribution in [0.15, 0.2) is 51.1 Å². The molecule has 1 saturated heterocycles. The van der Waals surface area contributed by atoms with E-state index in [-0.39, 0.29) is 16.7 Å². The molecule has 5 nitrogen and oxygen atoms in total. The first-order valence-electron chi connectivity index (χ1n) is 10.00. The Kier molecular flexibility index (Phi) is 6.74. The van der Waals surface area contributed by atoms with Crippen LogP contribution in [0.3, 0.4) is 0 Å². The van der Waals surface area contributed by atoms with Crippen LogP contribution in [0, 0.1) is 6.92 Å². The number of carbonyl (C=O) groups is 1. The lowest BCUT2D eigenvalue weighted by molar-refractivity contribution is -0.124. The van der Waals surface area contributed by atoms with Crippen LogP contribution in [0.25, 0.3) is 10.1 Å². The molecule has 4 rings (SSSR count). The van der Waals surface area contributed by atoms with Gasteiger partial charge in [-0.2, -0.15) is 4.31 Å². The van der Waals surface area contributed by atoms with Gasteiger partial charge in [0, 0.05) is 27.3 Å². The molecule has 0 aliphatic carbocycles. The van der Waals surface area contributed by atoms with Gasteiger partial charge in [-0.05, 0) is 73.0 Å². The van der Waals surface area contributed by atoms with Crippen LogP contribution >= 0.6 is 38.9 Å². The smallest absolute Gasteiger partial charge is 0.253 e. The standard InChI is InChI=1S/C22H22BrClN2O3S2/c1-14-18-12-17(24)9-10-20(18)30-22(14)31(28,29)26(13-15-5-7-16(23)8-6-15)19-4-2-3-11-25-21(19)27/h5-10,12,19H,2-4,11,13H2,1H3,(H,25,27)/t19-/m1/s1. The molecule has 1 amide bonds. The second kappa shape index (κ2) is 9.19. The summed E-state index contributed by atoms with van der Waals surface area (Å²) in [6.45, 7) is 2.50. The van der Waals surface area contributed by atoms with Gasteiger partial charge in [0.1, 0.15) is 10.3 Å². The molecule has 1 N–H and O–H groups in total. The molecular weight excluding hydrogens is 520 g/mol. The maximum atomic E-state index is 14.0. The first kappa shape index (κ1) is 22.7. The highest BCUT2D eigenvalue weighted by atomic mass is 79.9. The van der Waals surface area contributed by atoms with E-state index in [0.29, 0.717) is 23.6 Å². The number of thiophene rings is 1. The number of carbonyl (C=O) groups excluding carboxylic acids is 1. The molecule has 164 valence electrons. The first-order valence-corrected chi connectivity index (χ1v) is 13.4. The van der Waals surface area contributed by atoms with E-state index in [1.165, 1.54) is 15.6 Å². The van der Waals surface area contributed by atoms with E-state index < -0.39 is 16.1 Å². The summed E-state index contributed by atoms with van der Waals surface area (Å²) >= 11 is 10.8. The normalized spacial score (nSPS) is 17.7. The van der Waals surface area contributed by atoms with E-state index >= 15 is 0 Å². The van der Waals surface area contributed by atoms with Crippen molar-refractivity contribution in [1.29, 1.82) is 0 Å². The largest absolute Gasteiger partial charge is 0.355 e. The summed E-state index contributed by atoms with van der Waals surface area (Å²) in [6.07, 6.45) is 2.13. The molecule has 1 aliphatic rings. The third kappa shape index (κ3) is 4.68. The zero-order valence-electron chi connectivity index (χ0n) is 16.9. The number of amides is 1. The Hall–Kier alpha value is -1.45. The predicted molar refractivity (Wildman–Crippen MR) is 129 cm³/mol. The van der Waals surface area contributed by atoms with Crippen molar-refractivity contribution >= 4 is 64.9 Å². The average molecular weight is 542 g/mol.